The fourth-order valence-corrected chi connectivity index (χ4v) is 0.452. The van der Waals surface area contributed by atoms with Gasteiger partial charge in [-0.05, 0) is 18.6 Å². The summed E-state index contributed by atoms with van der Waals surface area (Å²) in [5, 5.41) is 0. The van der Waals surface area contributed by atoms with Crippen molar-refractivity contribution in [1.82, 2.24) is 0 Å². The molecule has 13 heavy (non-hydrogen) atoms. The molecule has 4 heteroatoms. The molecule has 0 bridgehead atoms. The number of hydrogen-bond donors (Lipinski definition) is 0. The summed E-state index contributed by atoms with van der Waals surface area (Å²) in [7, 11) is 0. The molecule has 0 aromatic rings. The van der Waals surface area contributed by atoms with Crippen LogP contribution < -0.4 is 0 Å². The van der Waals surface area contributed by atoms with E-state index in [0.29, 0.717) is 5.57 Å². The number of esters is 2. The lowest BCUT2D eigenvalue weighted by atomic mass is 10.3. The quantitative estimate of drug-likeness (QED) is 0.379. The maximum absolute atomic E-state index is 10.4. The van der Waals surface area contributed by atoms with Crippen LogP contribution in [0.3, 0.4) is 0 Å². The minimum atomic E-state index is -0.392. The summed E-state index contributed by atoms with van der Waals surface area (Å²) in [6.07, 6.45) is 4.03. The Hall–Kier alpha value is -1.58. The predicted octanol–water partition coefficient (Wildman–Crippen LogP) is 1.53. The maximum atomic E-state index is 10.4. The summed E-state index contributed by atoms with van der Waals surface area (Å²) in [6.45, 7) is 4.32. The number of allylic oxidation sites excluding steroid dienone is 2. The number of ether oxygens (including phenoxy) is 2. The highest BCUT2D eigenvalue weighted by atomic mass is 16.5. The van der Waals surface area contributed by atoms with Gasteiger partial charge >= 0.3 is 11.9 Å². The Bertz CT molecular complexity index is 250. The molecule has 0 N–H and O–H groups in total. The van der Waals surface area contributed by atoms with Gasteiger partial charge in [0.2, 0.25) is 0 Å². The molecule has 0 heterocycles. The molecular formula is C9H12O4. The first-order valence-corrected chi connectivity index (χ1v) is 3.70. The van der Waals surface area contributed by atoms with Crippen molar-refractivity contribution in [1.29, 1.82) is 0 Å². The van der Waals surface area contributed by atoms with Gasteiger partial charge in [-0.2, -0.15) is 0 Å². The van der Waals surface area contributed by atoms with Gasteiger partial charge in [0.1, 0.15) is 0 Å². The predicted molar refractivity (Wildman–Crippen MR) is 46.4 cm³/mol. The monoisotopic (exact) mass is 184 g/mol. The third kappa shape index (κ3) is 8.33. The molecule has 0 aliphatic heterocycles. The van der Waals surface area contributed by atoms with E-state index in [-0.39, 0.29) is 5.97 Å². The van der Waals surface area contributed by atoms with Crippen molar-refractivity contribution in [2.45, 2.75) is 20.8 Å². The fraction of sp³-hybridized carbons (Fsp3) is 0.333. The molecule has 72 valence electrons. The van der Waals surface area contributed by atoms with Gasteiger partial charge < -0.3 is 9.47 Å². The Labute approximate surface area is 76.8 Å². The van der Waals surface area contributed by atoms with Gasteiger partial charge in [-0.25, -0.2) is 0 Å². The summed E-state index contributed by atoms with van der Waals surface area (Å²) in [5.41, 5.74) is 0.677. The van der Waals surface area contributed by atoms with Crippen molar-refractivity contribution in [3.8, 4) is 0 Å². The van der Waals surface area contributed by atoms with E-state index in [1.54, 1.807) is 6.92 Å². The lowest BCUT2D eigenvalue weighted by Gasteiger charge is -1.94. The summed E-state index contributed by atoms with van der Waals surface area (Å²) in [5.74, 6) is -0.781. The first-order chi connectivity index (χ1) is 6.02. The third-order valence-electron chi connectivity index (χ3n) is 0.976. The second kappa shape index (κ2) is 5.99. The molecule has 0 spiro atoms. The summed E-state index contributed by atoms with van der Waals surface area (Å²) in [4.78, 5) is 20.7. The molecule has 0 saturated heterocycles. The summed E-state index contributed by atoms with van der Waals surface area (Å²) < 4.78 is 9.09. The SMILES string of the molecule is CC(=O)O/C=C(C)\C=C\OC(C)=O. The summed E-state index contributed by atoms with van der Waals surface area (Å²) in [6, 6.07) is 0. The number of rotatable bonds is 3. The van der Waals surface area contributed by atoms with E-state index >= 15 is 0 Å². The Morgan fingerprint density at radius 1 is 1.00 bits per heavy atom. The second-order valence-electron chi connectivity index (χ2n) is 2.38. The third-order valence-corrected chi connectivity index (χ3v) is 0.976. The average molecular weight is 184 g/mol. The van der Waals surface area contributed by atoms with E-state index in [4.69, 9.17) is 0 Å². The number of carbonyl (C=O) groups excluding carboxylic acids is 2. The standard InChI is InChI=1S/C9H12O4/c1-7(6-13-9(3)11)4-5-12-8(2)10/h4-6H,1-3H3/b5-4+,7-6-. The van der Waals surface area contributed by atoms with Crippen LogP contribution in [0.1, 0.15) is 20.8 Å². The van der Waals surface area contributed by atoms with Gasteiger partial charge in [-0.1, -0.05) is 0 Å². The van der Waals surface area contributed by atoms with Crippen molar-refractivity contribution in [2.24, 2.45) is 0 Å². The summed E-state index contributed by atoms with van der Waals surface area (Å²) >= 11 is 0. The molecule has 0 aromatic heterocycles. The molecule has 0 unspecified atom stereocenters. The van der Waals surface area contributed by atoms with E-state index in [9.17, 15) is 9.59 Å². The second-order valence-corrected chi connectivity index (χ2v) is 2.38. The van der Waals surface area contributed by atoms with Gasteiger partial charge in [-0.3, -0.25) is 9.59 Å². The Morgan fingerprint density at radius 2 is 1.54 bits per heavy atom. The Kier molecular flexibility index (Phi) is 5.27. The van der Waals surface area contributed by atoms with Crippen molar-refractivity contribution < 1.29 is 19.1 Å². The van der Waals surface area contributed by atoms with Crippen molar-refractivity contribution in [3.63, 3.8) is 0 Å². The lowest BCUT2D eigenvalue weighted by Crippen LogP contribution is -1.91. The first kappa shape index (κ1) is 11.4. The zero-order chi connectivity index (χ0) is 10.3. The van der Waals surface area contributed by atoms with Crippen LogP contribution in [0.15, 0.2) is 24.2 Å². The highest BCUT2D eigenvalue weighted by Gasteiger charge is 1.89. The Balaban J connectivity index is 3.91. The number of hydrogen-bond acceptors (Lipinski definition) is 4. The Morgan fingerprint density at radius 3 is 2.00 bits per heavy atom. The number of carbonyl (C=O) groups is 2. The van der Waals surface area contributed by atoms with Gasteiger partial charge in [0, 0.05) is 13.8 Å². The molecule has 0 fully saturated rings. The van der Waals surface area contributed by atoms with Crippen molar-refractivity contribution in [2.75, 3.05) is 0 Å². The van der Waals surface area contributed by atoms with E-state index in [2.05, 4.69) is 9.47 Å². The first-order valence-electron chi connectivity index (χ1n) is 3.70. The van der Waals surface area contributed by atoms with Gasteiger partial charge in [0.25, 0.3) is 0 Å². The molecule has 0 radical (unpaired) electrons. The molecule has 0 aromatic carbocycles. The van der Waals surface area contributed by atoms with Crippen molar-refractivity contribution >= 4 is 11.9 Å². The zero-order valence-corrected chi connectivity index (χ0v) is 7.87. The van der Waals surface area contributed by atoms with E-state index < -0.39 is 5.97 Å². The van der Waals surface area contributed by atoms with Crippen LogP contribution in [-0.2, 0) is 19.1 Å². The topological polar surface area (TPSA) is 52.6 Å². The molecule has 0 atom stereocenters. The smallest absolute Gasteiger partial charge is 0.307 e. The molecule has 0 amide bonds. The van der Waals surface area contributed by atoms with E-state index in [1.807, 2.05) is 0 Å². The zero-order valence-electron chi connectivity index (χ0n) is 7.87. The largest absolute Gasteiger partial charge is 0.435 e. The highest BCUT2D eigenvalue weighted by Crippen LogP contribution is 1.96. The van der Waals surface area contributed by atoms with Gasteiger partial charge in [-0.15, -0.1) is 0 Å². The molecule has 0 rings (SSSR count). The van der Waals surface area contributed by atoms with Crippen LogP contribution in [-0.4, -0.2) is 11.9 Å². The molecule has 4 nitrogen and oxygen atoms in total. The maximum Gasteiger partial charge on any atom is 0.307 e. The van der Waals surface area contributed by atoms with Gasteiger partial charge in [0.15, 0.2) is 0 Å². The van der Waals surface area contributed by atoms with Crippen LogP contribution in [0.5, 0.6) is 0 Å². The lowest BCUT2D eigenvalue weighted by molar-refractivity contribution is -0.136. The molecule has 0 saturated carbocycles. The molecule has 0 aliphatic rings. The minimum absolute atomic E-state index is 0.389. The van der Waals surface area contributed by atoms with Crippen molar-refractivity contribution in [3.05, 3.63) is 24.2 Å². The van der Waals surface area contributed by atoms with Crippen LogP contribution in [0, 0.1) is 0 Å². The van der Waals surface area contributed by atoms with Crippen LogP contribution in [0.2, 0.25) is 0 Å². The van der Waals surface area contributed by atoms with Gasteiger partial charge in [0.05, 0.1) is 12.5 Å². The van der Waals surface area contributed by atoms with Crippen LogP contribution in [0.25, 0.3) is 0 Å². The normalized spacial score (nSPS) is 11.5. The highest BCUT2D eigenvalue weighted by molar-refractivity contribution is 5.67. The van der Waals surface area contributed by atoms with Crippen LogP contribution >= 0.6 is 0 Å². The van der Waals surface area contributed by atoms with Crippen LogP contribution in [0.4, 0.5) is 0 Å². The fourth-order valence-electron chi connectivity index (χ4n) is 0.452. The molecular weight excluding hydrogens is 172 g/mol. The minimum Gasteiger partial charge on any atom is -0.435 e. The molecule has 0 aliphatic carbocycles. The average Bonchev–Trinajstić information content (AvgIpc) is 2.00. The van der Waals surface area contributed by atoms with E-state index in [1.165, 1.54) is 32.4 Å². The van der Waals surface area contributed by atoms with E-state index in [0.717, 1.165) is 0 Å².